The van der Waals surface area contributed by atoms with Crippen molar-refractivity contribution < 1.29 is 9.90 Å². The normalized spacial score (nSPS) is 11.3. The summed E-state index contributed by atoms with van der Waals surface area (Å²) >= 11 is 0. The average Bonchev–Trinajstić information content (AvgIpc) is 2.55. The smallest absolute Gasteiger partial charge is 0.320 e. The quantitative estimate of drug-likeness (QED) is 0.626. The van der Waals surface area contributed by atoms with E-state index in [9.17, 15) is 4.79 Å². The molecule has 74 valence electrons. The van der Waals surface area contributed by atoms with Gasteiger partial charge in [0.15, 0.2) is 0 Å². The van der Waals surface area contributed by atoms with Gasteiger partial charge in [-0.05, 0) is 13.3 Å². The van der Waals surface area contributed by atoms with Crippen molar-refractivity contribution in [3.05, 3.63) is 18.2 Å². The van der Waals surface area contributed by atoms with Crippen LogP contribution in [0.15, 0.2) is 12.4 Å². The van der Waals surface area contributed by atoms with Gasteiger partial charge in [-0.25, -0.2) is 4.98 Å². The number of nitrogens with two attached hydrogens (primary N) is 1. The molecular formula is C8H15N3O2. The van der Waals surface area contributed by atoms with E-state index in [-0.39, 0.29) is 0 Å². The number of H-pyrrole nitrogens is 1. The molecule has 0 radical (unpaired) electrons. The Morgan fingerprint density at radius 1 is 1.85 bits per heavy atom. The van der Waals surface area contributed by atoms with Crippen molar-refractivity contribution in [3.8, 4) is 0 Å². The number of nitrogens with one attached hydrogen (secondary N) is 1. The largest absolute Gasteiger partial charge is 0.480 e. The molecule has 0 fully saturated rings. The minimum Gasteiger partial charge on any atom is -0.480 e. The number of hydrogen-bond acceptors (Lipinski definition) is 3. The zero-order chi connectivity index (χ0) is 10.3. The number of aryl methyl sites for hydroxylation is 1. The van der Waals surface area contributed by atoms with Crippen LogP contribution in [-0.2, 0) is 4.79 Å². The third-order valence-electron chi connectivity index (χ3n) is 1.39. The molecule has 1 atom stereocenters. The zero-order valence-corrected chi connectivity index (χ0v) is 7.82. The molecule has 1 unspecified atom stereocenters. The molecule has 1 aromatic rings. The lowest BCUT2D eigenvalue weighted by Gasteiger charge is -1.97. The second-order valence-corrected chi connectivity index (χ2v) is 2.53. The van der Waals surface area contributed by atoms with E-state index in [4.69, 9.17) is 10.8 Å². The molecule has 1 heterocycles. The highest BCUT2D eigenvalue weighted by Crippen LogP contribution is 1.82. The van der Waals surface area contributed by atoms with Gasteiger partial charge in [0.2, 0.25) is 0 Å². The fourth-order valence-corrected chi connectivity index (χ4v) is 0.519. The first-order valence-corrected chi connectivity index (χ1v) is 4.02. The molecular weight excluding hydrogens is 170 g/mol. The topological polar surface area (TPSA) is 92.0 Å². The third-order valence-corrected chi connectivity index (χ3v) is 1.39. The summed E-state index contributed by atoms with van der Waals surface area (Å²) in [6.45, 7) is 3.65. The van der Waals surface area contributed by atoms with Crippen LogP contribution in [-0.4, -0.2) is 27.1 Å². The highest BCUT2D eigenvalue weighted by Gasteiger charge is 2.05. The summed E-state index contributed by atoms with van der Waals surface area (Å²) in [5.74, 6) is 0.0394. The predicted molar refractivity (Wildman–Crippen MR) is 49.2 cm³/mol. The maximum atomic E-state index is 9.81. The number of carboxylic acids is 1. The molecule has 1 rings (SSSR count). The van der Waals surface area contributed by atoms with Crippen LogP contribution in [0.5, 0.6) is 0 Å². The van der Waals surface area contributed by atoms with Crippen molar-refractivity contribution in [3.63, 3.8) is 0 Å². The molecule has 0 aliphatic carbocycles. The molecule has 0 spiro atoms. The molecule has 0 aliphatic heterocycles. The highest BCUT2D eigenvalue weighted by molar-refractivity contribution is 5.72. The van der Waals surface area contributed by atoms with E-state index in [1.165, 1.54) is 0 Å². The van der Waals surface area contributed by atoms with Gasteiger partial charge < -0.3 is 15.8 Å². The average molecular weight is 185 g/mol. The Balaban J connectivity index is 0.000000223. The van der Waals surface area contributed by atoms with Gasteiger partial charge in [-0.2, -0.15) is 0 Å². The standard InChI is InChI=1S/C4H6N2.C4H9NO2/c1-4-5-2-3-6-4;1-2-3(5)4(6)7/h2-3H,1H3,(H,5,6);3H,2,5H2,1H3,(H,6,7). The van der Waals surface area contributed by atoms with Crippen LogP contribution < -0.4 is 5.73 Å². The lowest BCUT2D eigenvalue weighted by atomic mass is 10.2. The van der Waals surface area contributed by atoms with Crippen LogP contribution in [0.3, 0.4) is 0 Å². The second-order valence-electron chi connectivity index (χ2n) is 2.53. The van der Waals surface area contributed by atoms with E-state index >= 15 is 0 Å². The van der Waals surface area contributed by atoms with Crippen LogP contribution in [0, 0.1) is 6.92 Å². The van der Waals surface area contributed by atoms with Crippen molar-refractivity contribution in [1.82, 2.24) is 9.97 Å². The molecule has 13 heavy (non-hydrogen) atoms. The van der Waals surface area contributed by atoms with Crippen molar-refractivity contribution in [2.75, 3.05) is 0 Å². The Hall–Kier alpha value is -1.36. The molecule has 0 saturated carbocycles. The Morgan fingerprint density at radius 2 is 2.46 bits per heavy atom. The number of nitrogens with zero attached hydrogens (tertiary/aromatic N) is 1. The first kappa shape index (κ1) is 11.6. The fraction of sp³-hybridized carbons (Fsp3) is 0.500. The minimum atomic E-state index is -0.928. The van der Waals surface area contributed by atoms with E-state index in [0.717, 1.165) is 5.82 Å². The van der Waals surface area contributed by atoms with Gasteiger partial charge in [0, 0.05) is 12.4 Å². The number of carboxylic acid groups (broad SMARTS) is 1. The van der Waals surface area contributed by atoms with E-state index in [1.807, 2.05) is 6.92 Å². The molecule has 5 nitrogen and oxygen atoms in total. The Kier molecular flexibility index (Phi) is 5.54. The van der Waals surface area contributed by atoms with Gasteiger partial charge >= 0.3 is 5.97 Å². The first-order valence-electron chi connectivity index (χ1n) is 4.02. The summed E-state index contributed by atoms with van der Waals surface area (Å²) in [7, 11) is 0. The molecule has 0 aromatic carbocycles. The van der Waals surface area contributed by atoms with Crippen LogP contribution in [0.25, 0.3) is 0 Å². The van der Waals surface area contributed by atoms with E-state index < -0.39 is 12.0 Å². The van der Waals surface area contributed by atoms with E-state index in [0.29, 0.717) is 6.42 Å². The Morgan fingerprint density at radius 3 is 2.54 bits per heavy atom. The monoisotopic (exact) mass is 185 g/mol. The predicted octanol–water partition coefficient (Wildman–Crippen LogP) is 0.526. The highest BCUT2D eigenvalue weighted by atomic mass is 16.4. The van der Waals surface area contributed by atoms with Gasteiger partial charge in [0.1, 0.15) is 11.9 Å². The van der Waals surface area contributed by atoms with Crippen molar-refractivity contribution in [2.24, 2.45) is 5.73 Å². The van der Waals surface area contributed by atoms with Crippen molar-refractivity contribution >= 4 is 5.97 Å². The molecule has 1 aromatic heterocycles. The van der Waals surface area contributed by atoms with Crippen LogP contribution in [0.2, 0.25) is 0 Å². The summed E-state index contributed by atoms with van der Waals surface area (Å²) in [4.78, 5) is 16.6. The first-order chi connectivity index (χ1) is 6.07. The maximum absolute atomic E-state index is 9.81. The van der Waals surface area contributed by atoms with E-state index in [1.54, 1.807) is 19.3 Å². The number of aliphatic carboxylic acids is 1. The zero-order valence-electron chi connectivity index (χ0n) is 7.82. The van der Waals surface area contributed by atoms with E-state index in [2.05, 4.69) is 9.97 Å². The van der Waals surface area contributed by atoms with Gasteiger partial charge in [0.25, 0.3) is 0 Å². The molecule has 0 amide bonds. The number of hydrogen-bond donors (Lipinski definition) is 3. The van der Waals surface area contributed by atoms with Gasteiger partial charge in [-0.15, -0.1) is 0 Å². The number of aromatic amines is 1. The van der Waals surface area contributed by atoms with Gasteiger partial charge in [-0.3, -0.25) is 4.79 Å². The van der Waals surface area contributed by atoms with Crippen LogP contribution >= 0.6 is 0 Å². The third kappa shape index (κ3) is 5.86. The minimum absolute atomic E-state index is 0.495. The summed E-state index contributed by atoms with van der Waals surface area (Å²) in [5, 5.41) is 8.06. The SMILES string of the molecule is CCC(N)C(=O)O.Cc1ncc[nH]1. The summed E-state index contributed by atoms with van der Waals surface area (Å²) < 4.78 is 0. The number of imidazole rings is 1. The Bertz CT molecular complexity index is 234. The fourth-order valence-electron chi connectivity index (χ4n) is 0.519. The lowest BCUT2D eigenvalue weighted by Crippen LogP contribution is -2.28. The van der Waals surface area contributed by atoms with Crippen LogP contribution in [0.4, 0.5) is 0 Å². The number of carbonyl (C=O) groups is 1. The molecule has 0 aliphatic rings. The number of aromatic nitrogens is 2. The van der Waals surface area contributed by atoms with Crippen LogP contribution in [0.1, 0.15) is 19.2 Å². The molecule has 0 saturated heterocycles. The lowest BCUT2D eigenvalue weighted by molar-refractivity contribution is -0.138. The molecule has 5 heteroatoms. The van der Waals surface area contributed by atoms with Gasteiger partial charge in [0.05, 0.1) is 0 Å². The summed E-state index contributed by atoms with van der Waals surface area (Å²) in [6, 6.07) is -0.681. The summed E-state index contributed by atoms with van der Waals surface area (Å²) in [6.07, 6.45) is 4.03. The van der Waals surface area contributed by atoms with Gasteiger partial charge in [-0.1, -0.05) is 6.92 Å². The summed E-state index contributed by atoms with van der Waals surface area (Å²) in [5.41, 5.74) is 5.02. The second kappa shape index (κ2) is 6.19. The molecule has 4 N–H and O–H groups in total. The molecule has 0 bridgehead atoms. The maximum Gasteiger partial charge on any atom is 0.320 e. The van der Waals surface area contributed by atoms with Crippen molar-refractivity contribution in [2.45, 2.75) is 26.3 Å². The van der Waals surface area contributed by atoms with Crippen molar-refractivity contribution in [1.29, 1.82) is 0 Å². The number of rotatable bonds is 2. The Labute approximate surface area is 77.0 Å².